The Hall–Kier alpha value is -1.13. The number of rotatable bonds is 6. The second kappa shape index (κ2) is 7.04. The molecule has 4 heteroatoms. The second-order valence-electron chi connectivity index (χ2n) is 5.80. The number of hydrogen-bond donors (Lipinski definition) is 1. The topological polar surface area (TPSA) is 43.4 Å². The highest BCUT2D eigenvalue weighted by molar-refractivity contribution is 5.27. The lowest BCUT2D eigenvalue weighted by atomic mass is 9.92. The number of pyridine rings is 1. The average Bonchev–Trinajstić information content (AvgIpc) is 2.82. The monoisotopic (exact) mass is 278 g/mol. The molecule has 2 rings (SSSR count). The van der Waals surface area contributed by atoms with Crippen molar-refractivity contribution < 1.29 is 9.47 Å². The van der Waals surface area contributed by atoms with E-state index in [9.17, 15) is 0 Å². The van der Waals surface area contributed by atoms with Crippen LogP contribution in [0.15, 0.2) is 18.5 Å². The lowest BCUT2D eigenvalue weighted by Crippen LogP contribution is -2.29. The summed E-state index contributed by atoms with van der Waals surface area (Å²) in [6.07, 6.45) is 5.32. The highest BCUT2D eigenvalue weighted by Crippen LogP contribution is 2.32. The molecule has 112 valence electrons. The van der Waals surface area contributed by atoms with Crippen molar-refractivity contribution in [2.75, 3.05) is 13.2 Å². The summed E-state index contributed by atoms with van der Waals surface area (Å²) in [6, 6.07) is 2.39. The van der Waals surface area contributed by atoms with Gasteiger partial charge in [0.05, 0.1) is 25.0 Å². The first-order valence-electron chi connectivity index (χ1n) is 7.56. The van der Waals surface area contributed by atoms with Gasteiger partial charge in [-0.05, 0) is 45.4 Å². The summed E-state index contributed by atoms with van der Waals surface area (Å²) in [5.74, 6) is 1.34. The van der Waals surface area contributed by atoms with Crippen molar-refractivity contribution in [2.45, 2.75) is 52.4 Å². The Labute approximate surface area is 121 Å². The van der Waals surface area contributed by atoms with Gasteiger partial charge in [-0.2, -0.15) is 0 Å². The summed E-state index contributed by atoms with van der Waals surface area (Å²) < 4.78 is 11.5. The molecule has 1 fully saturated rings. The van der Waals surface area contributed by atoms with Gasteiger partial charge in [0.15, 0.2) is 0 Å². The zero-order valence-electron chi connectivity index (χ0n) is 12.9. The molecule has 1 saturated heterocycles. The molecule has 0 spiro atoms. The van der Waals surface area contributed by atoms with Crippen LogP contribution in [-0.2, 0) is 4.74 Å². The Balaban J connectivity index is 2.16. The third-order valence-corrected chi connectivity index (χ3v) is 3.59. The minimum absolute atomic E-state index is 0.166. The van der Waals surface area contributed by atoms with E-state index in [-0.39, 0.29) is 12.1 Å². The molecular weight excluding hydrogens is 252 g/mol. The Morgan fingerprint density at radius 1 is 1.45 bits per heavy atom. The molecule has 3 atom stereocenters. The summed E-state index contributed by atoms with van der Waals surface area (Å²) >= 11 is 0. The van der Waals surface area contributed by atoms with Gasteiger partial charge in [0.25, 0.3) is 0 Å². The van der Waals surface area contributed by atoms with Crippen molar-refractivity contribution in [1.29, 1.82) is 0 Å². The molecule has 1 aliphatic rings. The normalized spacial score (nSPS) is 24.1. The first-order chi connectivity index (χ1) is 9.60. The predicted octanol–water partition coefficient (Wildman–Crippen LogP) is 2.94. The molecule has 0 amide bonds. The lowest BCUT2D eigenvalue weighted by Gasteiger charge is -2.24. The molecule has 0 aromatic carbocycles. The Bertz CT molecular complexity index is 423. The van der Waals surface area contributed by atoms with E-state index in [0.717, 1.165) is 25.3 Å². The van der Waals surface area contributed by atoms with Crippen molar-refractivity contribution in [3.8, 4) is 5.75 Å². The van der Waals surface area contributed by atoms with E-state index in [4.69, 9.17) is 9.47 Å². The highest BCUT2D eigenvalue weighted by Gasteiger charge is 2.30. The number of nitrogens with one attached hydrogen (secondary N) is 1. The highest BCUT2D eigenvalue weighted by atomic mass is 16.5. The van der Waals surface area contributed by atoms with Crippen LogP contribution in [0.4, 0.5) is 0 Å². The van der Waals surface area contributed by atoms with Gasteiger partial charge in [0.2, 0.25) is 0 Å². The second-order valence-corrected chi connectivity index (χ2v) is 5.80. The smallest absolute Gasteiger partial charge is 0.138 e. The van der Waals surface area contributed by atoms with Crippen LogP contribution in [0.2, 0.25) is 0 Å². The maximum atomic E-state index is 5.75. The van der Waals surface area contributed by atoms with E-state index in [0.29, 0.717) is 12.0 Å². The maximum Gasteiger partial charge on any atom is 0.138 e. The van der Waals surface area contributed by atoms with Gasteiger partial charge in [-0.1, -0.05) is 6.92 Å². The molecule has 3 unspecified atom stereocenters. The maximum absolute atomic E-state index is 5.75. The van der Waals surface area contributed by atoms with E-state index < -0.39 is 0 Å². The zero-order chi connectivity index (χ0) is 14.5. The van der Waals surface area contributed by atoms with Crippen LogP contribution < -0.4 is 10.1 Å². The molecule has 1 N–H and O–H groups in total. The average molecular weight is 278 g/mol. The molecule has 0 radical (unpaired) electrons. The molecule has 1 aromatic heterocycles. The number of aromatic nitrogens is 1. The summed E-state index contributed by atoms with van der Waals surface area (Å²) in [4.78, 5) is 4.33. The molecule has 0 saturated carbocycles. The minimum Gasteiger partial charge on any atom is -0.489 e. The molecule has 1 aliphatic heterocycles. The summed E-state index contributed by atoms with van der Waals surface area (Å²) in [6.45, 7) is 10.1. The van der Waals surface area contributed by atoms with Crippen LogP contribution in [0.3, 0.4) is 0 Å². The van der Waals surface area contributed by atoms with Crippen LogP contribution in [-0.4, -0.2) is 30.3 Å². The summed E-state index contributed by atoms with van der Waals surface area (Å²) in [5.41, 5.74) is 1.19. The molecule has 0 bridgehead atoms. The van der Waals surface area contributed by atoms with E-state index in [1.807, 2.05) is 20.0 Å². The van der Waals surface area contributed by atoms with E-state index in [2.05, 4.69) is 30.2 Å². The first-order valence-corrected chi connectivity index (χ1v) is 7.56. The van der Waals surface area contributed by atoms with E-state index in [1.54, 1.807) is 6.20 Å². The number of nitrogens with zero attached hydrogens (tertiary/aromatic N) is 1. The Morgan fingerprint density at radius 2 is 2.25 bits per heavy atom. The van der Waals surface area contributed by atoms with Crippen molar-refractivity contribution in [3.05, 3.63) is 24.0 Å². The fourth-order valence-corrected chi connectivity index (χ4v) is 2.80. The molecule has 20 heavy (non-hydrogen) atoms. The van der Waals surface area contributed by atoms with Crippen molar-refractivity contribution in [2.24, 2.45) is 5.92 Å². The third kappa shape index (κ3) is 3.93. The molecule has 2 heterocycles. The zero-order valence-corrected chi connectivity index (χ0v) is 12.9. The van der Waals surface area contributed by atoms with Gasteiger partial charge in [0.1, 0.15) is 5.75 Å². The fourth-order valence-electron chi connectivity index (χ4n) is 2.80. The Kier molecular flexibility index (Phi) is 5.38. The van der Waals surface area contributed by atoms with Crippen LogP contribution in [0.1, 0.15) is 45.7 Å². The fraction of sp³-hybridized carbons (Fsp3) is 0.688. The van der Waals surface area contributed by atoms with E-state index >= 15 is 0 Å². The molecule has 0 aliphatic carbocycles. The standard InChI is InChI=1S/C16H26N2O2/c1-5-18-16(14-6-12(4)19-10-14)13-7-15(9-17-8-13)20-11(2)3/h7-9,11-12,14,16,18H,5-6,10H2,1-4H3. The predicted molar refractivity (Wildman–Crippen MR) is 79.9 cm³/mol. The van der Waals surface area contributed by atoms with Gasteiger partial charge >= 0.3 is 0 Å². The third-order valence-electron chi connectivity index (χ3n) is 3.59. The van der Waals surface area contributed by atoms with Crippen LogP contribution >= 0.6 is 0 Å². The van der Waals surface area contributed by atoms with Crippen LogP contribution in [0.5, 0.6) is 5.75 Å². The minimum atomic E-state index is 0.166. The molecular formula is C16H26N2O2. The van der Waals surface area contributed by atoms with Gasteiger partial charge in [-0.15, -0.1) is 0 Å². The lowest BCUT2D eigenvalue weighted by molar-refractivity contribution is 0.117. The van der Waals surface area contributed by atoms with Gasteiger partial charge in [0, 0.05) is 18.2 Å². The van der Waals surface area contributed by atoms with Gasteiger partial charge < -0.3 is 14.8 Å². The van der Waals surface area contributed by atoms with Crippen LogP contribution in [0.25, 0.3) is 0 Å². The van der Waals surface area contributed by atoms with Crippen molar-refractivity contribution in [1.82, 2.24) is 10.3 Å². The summed E-state index contributed by atoms with van der Waals surface area (Å²) in [5, 5.41) is 3.57. The number of ether oxygens (including phenoxy) is 2. The van der Waals surface area contributed by atoms with Crippen LogP contribution in [0, 0.1) is 5.92 Å². The number of hydrogen-bond acceptors (Lipinski definition) is 4. The van der Waals surface area contributed by atoms with Gasteiger partial charge in [-0.25, -0.2) is 0 Å². The quantitative estimate of drug-likeness (QED) is 0.869. The largest absolute Gasteiger partial charge is 0.489 e. The van der Waals surface area contributed by atoms with Crippen molar-refractivity contribution in [3.63, 3.8) is 0 Å². The van der Waals surface area contributed by atoms with Crippen molar-refractivity contribution >= 4 is 0 Å². The Morgan fingerprint density at radius 3 is 2.85 bits per heavy atom. The first kappa shape index (κ1) is 15.3. The molecule has 4 nitrogen and oxygen atoms in total. The summed E-state index contributed by atoms with van der Waals surface area (Å²) in [7, 11) is 0. The molecule has 1 aromatic rings. The van der Waals surface area contributed by atoms with Gasteiger partial charge in [-0.3, -0.25) is 4.98 Å². The van der Waals surface area contributed by atoms with E-state index in [1.165, 1.54) is 5.56 Å². The SMILES string of the molecule is CCNC(c1cncc(OC(C)C)c1)C1COC(C)C1.